The zero-order chi connectivity index (χ0) is 20.9. The highest BCUT2D eigenvalue weighted by molar-refractivity contribution is 6.33. The summed E-state index contributed by atoms with van der Waals surface area (Å²) in [6.45, 7) is 4.73. The lowest BCUT2D eigenvalue weighted by Crippen LogP contribution is -2.58. The molecule has 0 aromatic heterocycles. The molecular formula is C22H24N4O4. The predicted molar refractivity (Wildman–Crippen MR) is 114 cm³/mol. The van der Waals surface area contributed by atoms with E-state index in [1.165, 1.54) is 6.21 Å². The Bertz CT molecular complexity index is 979. The van der Waals surface area contributed by atoms with Gasteiger partial charge in [0, 0.05) is 37.8 Å². The summed E-state index contributed by atoms with van der Waals surface area (Å²) in [5.41, 5.74) is 0.453. The predicted octanol–water partition coefficient (Wildman–Crippen LogP) is 1.83. The van der Waals surface area contributed by atoms with Gasteiger partial charge in [-0.15, -0.1) is 0 Å². The van der Waals surface area contributed by atoms with Gasteiger partial charge in [0.05, 0.1) is 18.9 Å². The van der Waals surface area contributed by atoms with Crippen molar-refractivity contribution in [3.05, 3.63) is 42.5 Å². The van der Waals surface area contributed by atoms with Crippen LogP contribution in [0.4, 0.5) is 10.5 Å². The van der Waals surface area contributed by atoms with E-state index in [1.807, 2.05) is 30.3 Å². The molecule has 0 saturated carbocycles. The number of amides is 4. The summed E-state index contributed by atoms with van der Waals surface area (Å²) in [7, 11) is 0. The molecule has 30 heavy (non-hydrogen) atoms. The minimum Gasteiger partial charge on any atom is -0.379 e. The van der Waals surface area contributed by atoms with Gasteiger partial charge < -0.3 is 4.74 Å². The van der Waals surface area contributed by atoms with Gasteiger partial charge in [-0.2, -0.15) is 0 Å². The fourth-order valence-electron chi connectivity index (χ4n) is 3.74. The van der Waals surface area contributed by atoms with Crippen LogP contribution in [0.3, 0.4) is 0 Å². The molecule has 2 heterocycles. The topological polar surface area (TPSA) is 91.3 Å². The lowest BCUT2D eigenvalue weighted by molar-refractivity contribution is -0.131. The highest BCUT2D eigenvalue weighted by atomic mass is 16.5. The molecule has 2 aliphatic heterocycles. The number of aliphatic imine (C=N–C) groups is 1. The number of urea groups is 1. The number of benzene rings is 2. The normalized spacial score (nSPS) is 20.9. The number of nitrogens with zero attached hydrogens (tertiary/aromatic N) is 3. The molecule has 8 heteroatoms. The number of imide groups is 2. The molecule has 4 amide bonds. The Morgan fingerprint density at radius 2 is 1.83 bits per heavy atom. The molecule has 156 valence electrons. The Labute approximate surface area is 174 Å². The Balaban J connectivity index is 1.45. The van der Waals surface area contributed by atoms with Gasteiger partial charge in [0.1, 0.15) is 0 Å². The molecule has 2 aliphatic rings. The van der Waals surface area contributed by atoms with Gasteiger partial charge in [-0.05, 0) is 17.9 Å². The highest BCUT2D eigenvalue weighted by Crippen LogP contribution is 2.29. The fraction of sp³-hybridized carbons (Fsp3) is 0.364. The summed E-state index contributed by atoms with van der Waals surface area (Å²) in [4.78, 5) is 45.4. The average Bonchev–Trinajstić information content (AvgIpc) is 2.76. The average molecular weight is 408 g/mol. The molecule has 2 aromatic rings. The van der Waals surface area contributed by atoms with Crippen molar-refractivity contribution in [3.63, 3.8) is 0 Å². The van der Waals surface area contributed by atoms with Crippen LogP contribution in [0.25, 0.3) is 10.8 Å². The molecular weight excluding hydrogens is 384 g/mol. The van der Waals surface area contributed by atoms with E-state index in [-0.39, 0.29) is 0 Å². The van der Waals surface area contributed by atoms with E-state index in [1.54, 1.807) is 12.1 Å². The van der Waals surface area contributed by atoms with E-state index in [4.69, 9.17) is 4.74 Å². The largest absolute Gasteiger partial charge is 0.379 e. The monoisotopic (exact) mass is 408 g/mol. The zero-order valence-corrected chi connectivity index (χ0v) is 16.6. The van der Waals surface area contributed by atoms with Crippen LogP contribution >= 0.6 is 0 Å². The van der Waals surface area contributed by atoms with Crippen LogP contribution in [0, 0.1) is 5.92 Å². The van der Waals surface area contributed by atoms with Crippen LogP contribution in [0.1, 0.15) is 6.42 Å². The number of carbonyl (C=O) groups excluding carboxylic acids is 3. The van der Waals surface area contributed by atoms with Gasteiger partial charge in [0.25, 0.3) is 5.91 Å². The zero-order valence-electron chi connectivity index (χ0n) is 16.6. The minimum absolute atomic E-state index is 0.453. The minimum atomic E-state index is -1.12. The quantitative estimate of drug-likeness (QED) is 0.447. The van der Waals surface area contributed by atoms with Crippen LogP contribution < -0.4 is 10.2 Å². The summed E-state index contributed by atoms with van der Waals surface area (Å²) in [5, 5.41) is 3.95. The maximum atomic E-state index is 13.0. The summed E-state index contributed by atoms with van der Waals surface area (Å²) in [6, 6.07) is 12.1. The third kappa shape index (κ3) is 4.24. The number of hydrogen-bond acceptors (Lipinski definition) is 6. The van der Waals surface area contributed by atoms with E-state index >= 15 is 0 Å². The molecule has 2 saturated heterocycles. The second-order valence-corrected chi connectivity index (χ2v) is 7.31. The Morgan fingerprint density at radius 1 is 1.07 bits per heavy atom. The van der Waals surface area contributed by atoms with E-state index in [0.29, 0.717) is 12.2 Å². The third-order valence-electron chi connectivity index (χ3n) is 5.33. The van der Waals surface area contributed by atoms with Crippen molar-refractivity contribution in [1.29, 1.82) is 0 Å². The first kappa shape index (κ1) is 20.2. The van der Waals surface area contributed by atoms with Gasteiger partial charge in [-0.3, -0.25) is 24.8 Å². The SMILES string of the molecule is O=C1NC(=O)N(c2cccc3ccccc23)C(=O)[C@@H]1C=NCCCN1CCOCC1. The Kier molecular flexibility index (Phi) is 6.15. The van der Waals surface area contributed by atoms with Crippen molar-refractivity contribution in [2.45, 2.75) is 6.42 Å². The van der Waals surface area contributed by atoms with Crippen LogP contribution in [-0.2, 0) is 14.3 Å². The van der Waals surface area contributed by atoms with Crippen molar-refractivity contribution in [3.8, 4) is 0 Å². The molecule has 8 nitrogen and oxygen atoms in total. The number of hydrogen-bond donors (Lipinski definition) is 1. The number of barbiturate groups is 1. The standard InChI is InChI=1S/C22H24N4O4/c27-20-18(15-23-9-4-10-25-11-13-30-14-12-25)21(28)26(22(29)24-20)19-8-3-6-16-5-1-2-7-17(16)19/h1-3,5-8,15,18H,4,9-14H2,(H,24,27,29)/t18-/m1/s1. The smallest absolute Gasteiger partial charge is 0.335 e. The second kappa shape index (κ2) is 9.15. The number of rotatable bonds is 6. The molecule has 1 atom stereocenters. The van der Waals surface area contributed by atoms with E-state index in [0.717, 1.165) is 54.9 Å². The summed E-state index contributed by atoms with van der Waals surface area (Å²) in [6.07, 6.45) is 2.19. The third-order valence-corrected chi connectivity index (χ3v) is 5.33. The number of nitrogens with one attached hydrogen (secondary N) is 1. The van der Waals surface area contributed by atoms with Gasteiger partial charge in [0.2, 0.25) is 5.91 Å². The first-order valence-electron chi connectivity index (χ1n) is 10.1. The van der Waals surface area contributed by atoms with E-state index in [2.05, 4.69) is 15.2 Å². The number of morpholine rings is 1. The number of ether oxygens (including phenoxy) is 1. The summed E-state index contributed by atoms with van der Waals surface area (Å²) < 4.78 is 5.33. The van der Waals surface area contributed by atoms with Crippen LogP contribution in [0.15, 0.2) is 47.5 Å². The summed E-state index contributed by atoms with van der Waals surface area (Å²) in [5.74, 6) is -2.35. The van der Waals surface area contributed by atoms with Crippen molar-refractivity contribution in [2.75, 3.05) is 44.3 Å². The molecule has 1 N–H and O–H groups in total. The Hall–Kier alpha value is -3.10. The number of carbonyl (C=O) groups is 3. The Morgan fingerprint density at radius 3 is 2.67 bits per heavy atom. The number of anilines is 1. The van der Waals surface area contributed by atoms with Crippen molar-refractivity contribution < 1.29 is 19.1 Å². The fourth-order valence-corrected chi connectivity index (χ4v) is 3.74. The number of fused-ring (bicyclic) bond motifs is 1. The molecule has 2 aromatic carbocycles. The molecule has 2 fully saturated rings. The maximum absolute atomic E-state index is 13.0. The molecule has 0 aliphatic carbocycles. The second-order valence-electron chi connectivity index (χ2n) is 7.31. The van der Waals surface area contributed by atoms with Crippen molar-refractivity contribution >= 4 is 40.5 Å². The van der Waals surface area contributed by atoms with Crippen molar-refractivity contribution in [1.82, 2.24) is 10.2 Å². The molecule has 0 bridgehead atoms. The van der Waals surface area contributed by atoms with Crippen LogP contribution in [0.5, 0.6) is 0 Å². The molecule has 0 unspecified atom stereocenters. The molecule has 4 rings (SSSR count). The lowest BCUT2D eigenvalue weighted by Gasteiger charge is -2.29. The first-order chi connectivity index (χ1) is 14.6. The highest BCUT2D eigenvalue weighted by Gasteiger charge is 2.40. The van der Waals surface area contributed by atoms with E-state index < -0.39 is 23.8 Å². The lowest BCUT2D eigenvalue weighted by atomic mass is 10.0. The van der Waals surface area contributed by atoms with Crippen molar-refractivity contribution in [2.24, 2.45) is 10.9 Å². The van der Waals surface area contributed by atoms with Gasteiger partial charge in [0.15, 0.2) is 5.92 Å². The van der Waals surface area contributed by atoms with E-state index in [9.17, 15) is 14.4 Å². The molecule has 0 radical (unpaired) electrons. The van der Waals surface area contributed by atoms with Crippen LogP contribution in [0.2, 0.25) is 0 Å². The van der Waals surface area contributed by atoms with Crippen LogP contribution in [-0.4, -0.2) is 68.4 Å². The maximum Gasteiger partial charge on any atom is 0.335 e. The first-order valence-corrected chi connectivity index (χ1v) is 10.1. The van der Waals surface area contributed by atoms with Gasteiger partial charge >= 0.3 is 6.03 Å². The molecule has 0 spiro atoms. The van der Waals surface area contributed by atoms with Gasteiger partial charge in [-0.1, -0.05) is 36.4 Å². The summed E-state index contributed by atoms with van der Waals surface area (Å²) >= 11 is 0. The van der Waals surface area contributed by atoms with Gasteiger partial charge in [-0.25, -0.2) is 9.69 Å².